The van der Waals surface area contributed by atoms with Crippen LogP contribution in [0.25, 0.3) is 10.9 Å². The van der Waals surface area contributed by atoms with E-state index in [4.69, 9.17) is 4.74 Å². The molecule has 2 N–H and O–H groups in total. The first-order valence-electron chi connectivity index (χ1n) is 9.13. The fourth-order valence-electron chi connectivity index (χ4n) is 2.78. The number of esters is 1. The number of hydrogen-bond donors (Lipinski definition) is 2. The molecule has 2 aromatic heterocycles. The Hall–Kier alpha value is -3.39. The summed E-state index contributed by atoms with van der Waals surface area (Å²) < 4.78 is 5.02. The van der Waals surface area contributed by atoms with E-state index in [1.54, 1.807) is 19.1 Å². The predicted molar refractivity (Wildman–Crippen MR) is 113 cm³/mol. The minimum absolute atomic E-state index is 0.327. The van der Waals surface area contributed by atoms with Crippen LogP contribution in [0.4, 0.5) is 11.6 Å². The Bertz CT molecular complexity index is 1160. The van der Waals surface area contributed by atoms with Crippen molar-refractivity contribution in [2.24, 2.45) is 0 Å². The van der Waals surface area contributed by atoms with Gasteiger partial charge in [0.2, 0.25) is 0 Å². The van der Waals surface area contributed by atoms with Crippen LogP contribution in [0, 0.1) is 6.92 Å². The average molecular weight is 405 g/mol. The number of nitrogens with zero attached hydrogens (tertiary/aromatic N) is 3. The lowest BCUT2D eigenvalue weighted by Crippen LogP contribution is -2.04. The van der Waals surface area contributed by atoms with Gasteiger partial charge in [0.25, 0.3) is 0 Å². The van der Waals surface area contributed by atoms with Gasteiger partial charge in [-0.2, -0.15) is 5.10 Å². The third-order valence-corrected chi connectivity index (χ3v) is 4.98. The highest BCUT2D eigenvalue weighted by atomic mass is 32.2. The van der Waals surface area contributed by atoms with Crippen LogP contribution in [0.5, 0.6) is 0 Å². The van der Waals surface area contributed by atoms with Crippen molar-refractivity contribution in [3.63, 3.8) is 0 Å². The van der Waals surface area contributed by atoms with E-state index < -0.39 is 0 Å². The van der Waals surface area contributed by atoms with Crippen LogP contribution in [0.3, 0.4) is 0 Å². The molecule has 0 saturated carbocycles. The van der Waals surface area contributed by atoms with Crippen molar-refractivity contribution >= 4 is 40.3 Å². The Labute approximate surface area is 171 Å². The molecule has 2 aromatic carbocycles. The van der Waals surface area contributed by atoms with Gasteiger partial charge in [-0.3, -0.25) is 5.10 Å². The first-order chi connectivity index (χ1) is 14.1. The van der Waals surface area contributed by atoms with E-state index >= 15 is 0 Å². The zero-order chi connectivity index (χ0) is 20.2. The fraction of sp³-hybridized carbons (Fsp3) is 0.143. The molecule has 0 bridgehead atoms. The molecule has 0 aliphatic carbocycles. The Morgan fingerprint density at radius 3 is 2.66 bits per heavy atom. The molecule has 0 aliphatic heterocycles. The number of fused-ring (bicyclic) bond motifs is 1. The summed E-state index contributed by atoms with van der Waals surface area (Å²) in [4.78, 5) is 22.1. The van der Waals surface area contributed by atoms with Crippen LogP contribution in [-0.4, -0.2) is 32.7 Å². The molecule has 4 aromatic rings. The molecule has 2 heterocycles. The van der Waals surface area contributed by atoms with Gasteiger partial charge in [0, 0.05) is 22.0 Å². The van der Waals surface area contributed by atoms with Gasteiger partial charge in [0.1, 0.15) is 5.82 Å². The largest absolute Gasteiger partial charge is 0.462 e. The molecular weight excluding hydrogens is 386 g/mol. The van der Waals surface area contributed by atoms with Crippen LogP contribution in [0.2, 0.25) is 0 Å². The normalized spacial score (nSPS) is 10.8. The monoisotopic (exact) mass is 405 g/mol. The maximum absolute atomic E-state index is 11.8. The molecule has 0 saturated heterocycles. The van der Waals surface area contributed by atoms with Crippen molar-refractivity contribution in [2.45, 2.75) is 23.9 Å². The van der Waals surface area contributed by atoms with Crippen LogP contribution in [0.15, 0.2) is 64.6 Å². The average Bonchev–Trinajstić information content (AvgIpc) is 3.13. The molecule has 0 amide bonds. The summed E-state index contributed by atoms with van der Waals surface area (Å²) in [5.41, 5.74) is 2.32. The van der Waals surface area contributed by atoms with Crippen molar-refractivity contribution in [1.82, 2.24) is 20.2 Å². The number of hydrogen-bond acceptors (Lipinski definition) is 7. The van der Waals surface area contributed by atoms with E-state index in [-0.39, 0.29) is 5.97 Å². The number of nitrogens with one attached hydrogen (secondary N) is 2. The molecule has 146 valence electrons. The van der Waals surface area contributed by atoms with Gasteiger partial charge >= 0.3 is 5.97 Å². The second-order valence-corrected chi connectivity index (χ2v) is 7.32. The lowest BCUT2D eigenvalue weighted by atomic mass is 10.2. The van der Waals surface area contributed by atoms with Gasteiger partial charge in [0.05, 0.1) is 17.7 Å². The number of aryl methyl sites for hydroxylation is 1. The first kappa shape index (κ1) is 18.9. The standard InChI is InChI=1S/C21H19N5O2S/c1-3-28-20(27)14-8-10-15(11-9-14)29-21-22-17-7-5-4-6-16(17)19(24-21)23-18-12-13(2)25-26-18/h4-12H,3H2,1-2H3,(H2,22,23,24,25,26). The number of carbonyl (C=O) groups excluding carboxylic acids is 1. The minimum atomic E-state index is -0.327. The van der Waals surface area contributed by atoms with E-state index in [2.05, 4.69) is 25.5 Å². The number of ether oxygens (including phenoxy) is 1. The van der Waals surface area contributed by atoms with Crippen LogP contribution in [-0.2, 0) is 4.74 Å². The molecule has 0 radical (unpaired) electrons. The number of anilines is 2. The molecule has 29 heavy (non-hydrogen) atoms. The molecule has 0 spiro atoms. The van der Waals surface area contributed by atoms with Crippen LogP contribution >= 0.6 is 11.8 Å². The zero-order valence-corrected chi connectivity index (χ0v) is 16.8. The van der Waals surface area contributed by atoms with Crippen molar-refractivity contribution in [3.05, 3.63) is 65.9 Å². The quantitative estimate of drug-likeness (QED) is 0.354. The maximum Gasteiger partial charge on any atom is 0.338 e. The predicted octanol–water partition coefficient (Wildman–Crippen LogP) is 4.73. The lowest BCUT2D eigenvalue weighted by Gasteiger charge is -2.09. The number of aromatic nitrogens is 4. The number of rotatable bonds is 6. The number of aromatic amines is 1. The topological polar surface area (TPSA) is 92.8 Å². The Morgan fingerprint density at radius 2 is 1.93 bits per heavy atom. The number of carbonyl (C=O) groups is 1. The van der Waals surface area contributed by atoms with Gasteiger partial charge in [0.15, 0.2) is 11.0 Å². The highest BCUT2D eigenvalue weighted by Gasteiger charge is 2.11. The summed E-state index contributed by atoms with van der Waals surface area (Å²) in [5, 5.41) is 11.9. The highest BCUT2D eigenvalue weighted by Crippen LogP contribution is 2.30. The third kappa shape index (κ3) is 4.38. The molecule has 7 nitrogen and oxygen atoms in total. The van der Waals surface area contributed by atoms with Gasteiger partial charge in [-0.1, -0.05) is 12.1 Å². The van der Waals surface area contributed by atoms with E-state index in [0.717, 1.165) is 21.5 Å². The van der Waals surface area contributed by atoms with Crippen molar-refractivity contribution in [2.75, 3.05) is 11.9 Å². The van der Waals surface area contributed by atoms with Gasteiger partial charge in [-0.05, 0) is 62.0 Å². The maximum atomic E-state index is 11.8. The summed E-state index contributed by atoms with van der Waals surface area (Å²) >= 11 is 1.42. The van der Waals surface area contributed by atoms with Crippen LogP contribution in [0.1, 0.15) is 23.0 Å². The van der Waals surface area contributed by atoms with E-state index in [1.807, 2.05) is 49.4 Å². The lowest BCUT2D eigenvalue weighted by molar-refractivity contribution is 0.0526. The Balaban J connectivity index is 1.63. The van der Waals surface area contributed by atoms with Gasteiger partial charge < -0.3 is 10.1 Å². The van der Waals surface area contributed by atoms with Gasteiger partial charge in [-0.15, -0.1) is 0 Å². The molecule has 0 unspecified atom stereocenters. The van der Waals surface area contributed by atoms with E-state index in [9.17, 15) is 4.79 Å². The van der Waals surface area contributed by atoms with E-state index in [1.165, 1.54) is 11.8 Å². The first-order valence-corrected chi connectivity index (χ1v) is 9.95. The highest BCUT2D eigenvalue weighted by molar-refractivity contribution is 7.99. The molecular formula is C21H19N5O2S. The molecule has 0 aliphatic rings. The van der Waals surface area contributed by atoms with Crippen molar-refractivity contribution in [1.29, 1.82) is 0 Å². The number of H-pyrrole nitrogens is 1. The summed E-state index contributed by atoms with van der Waals surface area (Å²) in [6.45, 7) is 4.08. The SMILES string of the molecule is CCOC(=O)c1ccc(Sc2nc(Nc3cc(C)[nH]n3)c3ccccc3n2)cc1. The smallest absolute Gasteiger partial charge is 0.338 e. The Kier molecular flexibility index (Phi) is 5.44. The van der Waals surface area contributed by atoms with E-state index in [0.29, 0.717) is 29.0 Å². The summed E-state index contributed by atoms with van der Waals surface area (Å²) in [6, 6.07) is 16.9. The molecule has 0 atom stereocenters. The van der Waals surface area contributed by atoms with Gasteiger partial charge in [-0.25, -0.2) is 14.8 Å². The molecule has 8 heteroatoms. The van der Waals surface area contributed by atoms with Crippen molar-refractivity contribution < 1.29 is 9.53 Å². The fourth-order valence-corrected chi connectivity index (χ4v) is 3.54. The molecule has 0 fully saturated rings. The molecule has 4 rings (SSSR count). The number of para-hydroxylation sites is 1. The van der Waals surface area contributed by atoms with Crippen LogP contribution < -0.4 is 5.32 Å². The third-order valence-electron chi connectivity index (χ3n) is 4.11. The number of benzene rings is 2. The second-order valence-electron chi connectivity index (χ2n) is 6.28. The minimum Gasteiger partial charge on any atom is -0.462 e. The second kappa shape index (κ2) is 8.32. The summed E-state index contributed by atoms with van der Waals surface area (Å²) in [5.74, 6) is 1.06. The van der Waals surface area contributed by atoms with Crippen molar-refractivity contribution in [3.8, 4) is 0 Å². The zero-order valence-electron chi connectivity index (χ0n) is 16.0. The Morgan fingerprint density at radius 1 is 1.14 bits per heavy atom. The summed E-state index contributed by atoms with van der Waals surface area (Å²) in [7, 11) is 0. The summed E-state index contributed by atoms with van der Waals surface area (Å²) in [6.07, 6.45) is 0.